The summed E-state index contributed by atoms with van der Waals surface area (Å²) < 4.78 is 34.1. The number of pyridine rings is 1. The number of carbonyl (C=O) groups excluding carboxylic acids is 1. The molecule has 184 valence electrons. The van der Waals surface area contributed by atoms with Crippen molar-refractivity contribution in [2.45, 2.75) is 19.3 Å². The number of rotatable bonds is 7. The van der Waals surface area contributed by atoms with E-state index in [0.717, 1.165) is 40.4 Å². The molecule has 0 saturated heterocycles. The van der Waals surface area contributed by atoms with Gasteiger partial charge in [-0.05, 0) is 59.4 Å². The summed E-state index contributed by atoms with van der Waals surface area (Å²) in [5.41, 5.74) is 7.21. The number of hydrogen-bond acceptors (Lipinski definition) is 6. The van der Waals surface area contributed by atoms with Gasteiger partial charge < -0.3 is 4.74 Å². The van der Waals surface area contributed by atoms with Crippen LogP contribution in [0.4, 0.5) is 10.5 Å². The zero-order valence-electron chi connectivity index (χ0n) is 20.0. The van der Waals surface area contributed by atoms with Gasteiger partial charge in [-0.2, -0.15) is 8.42 Å². The third-order valence-electron chi connectivity index (χ3n) is 6.51. The molecule has 0 fully saturated rings. The first-order valence-corrected chi connectivity index (χ1v) is 13.2. The maximum atomic E-state index is 12.9. The molecule has 7 nitrogen and oxygen atoms in total. The molecule has 1 aliphatic rings. The lowest BCUT2D eigenvalue weighted by Gasteiger charge is -2.16. The standard InChI is InChI=1S/C28H26N2O5S/c1-18-11-12-19-15-20(13-14-36(32,33)34-2)27(16-26(19)29-18)30-28(31)35-17-25-23-9-5-3-7-21(23)22-8-4-6-10-24(22)25/h3-12,15-16,25H,13-14,17H2,1-2H3,(H,30,31). The minimum atomic E-state index is -3.66. The summed E-state index contributed by atoms with van der Waals surface area (Å²) in [7, 11) is -2.52. The number of aromatic nitrogens is 1. The fourth-order valence-electron chi connectivity index (χ4n) is 4.71. The van der Waals surface area contributed by atoms with Crippen molar-refractivity contribution < 1.29 is 22.1 Å². The van der Waals surface area contributed by atoms with Crippen molar-refractivity contribution in [1.29, 1.82) is 0 Å². The number of anilines is 1. The van der Waals surface area contributed by atoms with Crippen LogP contribution in [0.25, 0.3) is 22.0 Å². The highest BCUT2D eigenvalue weighted by atomic mass is 32.2. The van der Waals surface area contributed by atoms with Gasteiger partial charge in [0.15, 0.2) is 0 Å². The Kier molecular flexibility index (Phi) is 6.47. The molecule has 0 radical (unpaired) electrons. The highest BCUT2D eigenvalue weighted by Crippen LogP contribution is 2.44. The van der Waals surface area contributed by atoms with E-state index in [4.69, 9.17) is 4.74 Å². The lowest BCUT2D eigenvalue weighted by atomic mass is 9.98. The van der Waals surface area contributed by atoms with Crippen molar-refractivity contribution in [1.82, 2.24) is 4.98 Å². The Morgan fingerprint density at radius 2 is 1.64 bits per heavy atom. The number of nitrogens with one attached hydrogen (secondary N) is 1. The van der Waals surface area contributed by atoms with E-state index in [1.165, 1.54) is 0 Å². The van der Waals surface area contributed by atoms with Gasteiger partial charge in [0.25, 0.3) is 10.1 Å². The third-order valence-corrected chi connectivity index (χ3v) is 7.72. The summed E-state index contributed by atoms with van der Waals surface area (Å²) in [6.45, 7) is 2.06. The number of ether oxygens (including phenoxy) is 1. The van der Waals surface area contributed by atoms with Gasteiger partial charge in [-0.15, -0.1) is 0 Å². The largest absolute Gasteiger partial charge is 0.448 e. The van der Waals surface area contributed by atoms with Crippen LogP contribution >= 0.6 is 0 Å². The van der Waals surface area contributed by atoms with E-state index in [1.807, 2.05) is 49.4 Å². The Labute approximate surface area is 210 Å². The fraction of sp³-hybridized carbons (Fsp3) is 0.214. The summed E-state index contributed by atoms with van der Waals surface area (Å²) in [6.07, 6.45) is -0.446. The van der Waals surface area contributed by atoms with Gasteiger partial charge in [0.05, 0.1) is 18.4 Å². The molecule has 1 aliphatic carbocycles. The minimum Gasteiger partial charge on any atom is -0.448 e. The molecule has 8 heteroatoms. The van der Waals surface area contributed by atoms with Crippen LogP contribution in [0.3, 0.4) is 0 Å². The number of amides is 1. The van der Waals surface area contributed by atoms with Crippen molar-refractivity contribution in [3.05, 3.63) is 95.2 Å². The molecule has 0 atom stereocenters. The van der Waals surface area contributed by atoms with Crippen molar-refractivity contribution >= 4 is 32.8 Å². The van der Waals surface area contributed by atoms with E-state index in [-0.39, 0.29) is 24.7 Å². The number of hydrogen-bond donors (Lipinski definition) is 1. The van der Waals surface area contributed by atoms with Crippen molar-refractivity contribution in [2.24, 2.45) is 0 Å². The van der Waals surface area contributed by atoms with Gasteiger partial charge in [0.1, 0.15) is 6.61 Å². The zero-order valence-corrected chi connectivity index (χ0v) is 20.8. The van der Waals surface area contributed by atoms with E-state index >= 15 is 0 Å². The molecule has 0 spiro atoms. The lowest BCUT2D eigenvalue weighted by molar-refractivity contribution is 0.158. The van der Waals surface area contributed by atoms with Crippen LogP contribution in [0.1, 0.15) is 28.3 Å². The number of carbonyl (C=O) groups is 1. The third kappa shape index (κ3) is 4.82. The number of benzene rings is 3. The van der Waals surface area contributed by atoms with Crippen LogP contribution in [-0.4, -0.2) is 39.0 Å². The Bertz CT molecular complexity index is 1520. The Balaban J connectivity index is 1.37. The van der Waals surface area contributed by atoms with E-state index in [0.29, 0.717) is 16.8 Å². The van der Waals surface area contributed by atoms with Gasteiger partial charge in [-0.25, -0.2) is 4.79 Å². The van der Waals surface area contributed by atoms with Crippen molar-refractivity contribution in [3.63, 3.8) is 0 Å². The molecular weight excluding hydrogens is 476 g/mol. The first kappa shape index (κ1) is 24.0. The number of nitrogens with zero attached hydrogens (tertiary/aromatic N) is 1. The first-order chi connectivity index (χ1) is 17.3. The molecule has 1 N–H and O–H groups in total. The SMILES string of the molecule is COS(=O)(=O)CCc1cc2ccc(C)nc2cc1NC(=O)OCC1c2ccccc2-c2ccccc21. The Morgan fingerprint density at radius 3 is 2.31 bits per heavy atom. The molecule has 5 rings (SSSR count). The predicted molar refractivity (Wildman–Crippen MR) is 140 cm³/mol. The monoisotopic (exact) mass is 502 g/mol. The molecule has 3 aromatic carbocycles. The summed E-state index contributed by atoms with van der Waals surface area (Å²) in [6, 6.07) is 23.7. The van der Waals surface area contributed by atoms with Crippen LogP contribution in [0, 0.1) is 6.92 Å². The van der Waals surface area contributed by atoms with Crippen LogP contribution in [0.5, 0.6) is 0 Å². The molecule has 4 aromatic rings. The van der Waals surface area contributed by atoms with Crippen LogP contribution in [-0.2, 0) is 25.5 Å². The zero-order chi connectivity index (χ0) is 25.3. The predicted octanol–water partition coefficient (Wildman–Crippen LogP) is 5.42. The second-order valence-electron chi connectivity index (χ2n) is 8.78. The Morgan fingerprint density at radius 1 is 0.972 bits per heavy atom. The molecule has 1 aromatic heterocycles. The quantitative estimate of drug-likeness (QED) is 0.339. The lowest BCUT2D eigenvalue weighted by Crippen LogP contribution is -2.19. The van der Waals surface area contributed by atoms with Gasteiger partial charge in [0.2, 0.25) is 0 Å². The summed E-state index contributed by atoms with van der Waals surface area (Å²) in [5, 5.41) is 3.66. The van der Waals surface area contributed by atoms with E-state index in [2.05, 4.69) is 38.7 Å². The van der Waals surface area contributed by atoms with Gasteiger partial charge >= 0.3 is 6.09 Å². The van der Waals surface area contributed by atoms with E-state index in [1.54, 1.807) is 6.07 Å². The topological polar surface area (TPSA) is 94.6 Å². The fourth-order valence-corrected chi connectivity index (χ4v) is 5.34. The normalized spacial score (nSPS) is 12.8. The average molecular weight is 503 g/mol. The van der Waals surface area contributed by atoms with Crippen molar-refractivity contribution in [2.75, 3.05) is 24.8 Å². The maximum Gasteiger partial charge on any atom is 0.411 e. The molecule has 0 aliphatic heterocycles. The maximum absolute atomic E-state index is 12.9. The van der Waals surface area contributed by atoms with Gasteiger partial charge in [-0.3, -0.25) is 14.5 Å². The van der Waals surface area contributed by atoms with Crippen molar-refractivity contribution in [3.8, 4) is 11.1 Å². The molecule has 1 heterocycles. The van der Waals surface area contributed by atoms with Gasteiger partial charge in [-0.1, -0.05) is 54.6 Å². The van der Waals surface area contributed by atoms with Crippen LogP contribution in [0.15, 0.2) is 72.8 Å². The highest BCUT2D eigenvalue weighted by molar-refractivity contribution is 7.86. The summed E-state index contributed by atoms with van der Waals surface area (Å²) >= 11 is 0. The molecule has 36 heavy (non-hydrogen) atoms. The van der Waals surface area contributed by atoms with Gasteiger partial charge in [0, 0.05) is 22.7 Å². The van der Waals surface area contributed by atoms with E-state index < -0.39 is 16.2 Å². The first-order valence-electron chi connectivity index (χ1n) is 11.7. The smallest absolute Gasteiger partial charge is 0.411 e. The molecule has 1 amide bonds. The average Bonchev–Trinajstić information content (AvgIpc) is 3.20. The van der Waals surface area contributed by atoms with E-state index in [9.17, 15) is 13.2 Å². The molecular formula is C28H26N2O5S. The second-order valence-corrected chi connectivity index (χ2v) is 10.6. The molecule has 0 unspecified atom stereocenters. The summed E-state index contributed by atoms with van der Waals surface area (Å²) in [4.78, 5) is 17.4. The minimum absolute atomic E-state index is 0.0598. The van der Waals surface area contributed by atoms with Crippen LogP contribution < -0.4 is 5.32 Å². The molecule has 0 saturated carbocycles. The van der Waals surface area contributed by atoms with Crippen LogP contribution in [0.2, 0.25) is 0 Å². The Hall–Kier alpha value is -3.75. The number of aryl methyl sites for hydroxylation is 2. The summed E-state index contributed by atoms with van der Waals surface area (Å²) in [5.74, 6) is -0.274. The highest BCUT2D eigenvalue weighted by Gasteiger charge is 2.29. The second kappa shape index (κ2) is 9.72. The molecule has 0 bridgehead atoms. The number of fused-ring (bicyclic) bond motifs is 4.